The van der Waals surface area contributed by atoms with Gasteiger partial charge in [-0.3, -0.25) is 0 Å². The Kier molecular flexibility index (Phi) is 3.83. The molecule has 0 radical (unpaired) electrons. The van der Waals surface area contributed by atoms with E-state index < -0.39 is 0 Å². The number of hydrogen-bond acceptors (Lipinski definition) is 2. The summed E-state index contributed by atoms with van der Waals surface area (Å²) in [6, 6.07) is 0. The van der Waals surface area contributed by atoms with E-state index in [2.05, 4.69) is 39.6 Å². The van der Waals surface area contributed by atoms with Gasteiger partial charge in [-0.25, -0.2) is 0 Å². The van der Waals surface area contributed by atoms with Gasteiger partial charge in [0.25, 0.3) is 0 Å². The fourth-order valence-electron chi connectivity index (χ4n) is 2.06. The van der Waals surface area contributed by atoms with Crippen molar-refractivity contribution in [2.24, 2.45) is 17.1 Å². The van der Waals surface area contributed by atoms with Crippen LogP contribution in [-0.2, 0) is 0 Å². The van der Waals surface area contributed by atoms with Gasteiger partial charge in [0.1, 0.15) is 0 Å². The SMILES string of the molecule is CN(CC1CCC1)CC(C)(C)C(C)(C)N. The first-order valence-electron chi connectivity index (χ1n) is 6.20. The molecule has 0 spiro atoms. The van der Waals surface area contributed by atoms with Crippen LogP contribution < -0.4 is 5.73 Å². The summed E-state index contributed by atoms with van der Waals surface area (Å²) in [6.07, 6.45) is 4.29. The molecule has 1 aliphatic rings. The van der Waals surface area contributed by atoms with Gasteiger partial charge in [0, 0.05) is 18.6 Å². The summed E-state index contributed by atoms with van der Waals surface area (Å²) in [6.45, 7) is 11.1. The van der Waals surface area contributed by atoms with Crippen molar-refractivity contribution < 1.29 is 0 Å². The Morgan fingerprint density at radius 2 is 1.73 bits per heavy atom. The molecule has 0 aromatic heterocycles. The summed E-state index contributed by atoms with van der Waals surface area (Å²) in [5, 5.41) is 0. The minimum absolute atomic E-state index is 0.110. The van der Waals surface area contributed by atoms with Crippen LogP contribution in [0.5, 0.6) is 0 Å². The van der Waals surface area contributed by atoms with Crippen molar-refractivity contribution in [2.75, 3.05) is 20.1 Å². The molecule has 0 bridgehead atoms. The van der Waals surface area contributed by atoms with Crippen LogP contribution >= 0.6 is 0 Å². The second kappa shape index (κ2) is 4.42. The first kappa shape index (κ1) is 13.0. The summed E-state index contributed by atoms with van der Waals surface area (Å²) < 4.78 is 0. The first-order chi connectivity index (χ1) is 6.72. The molecule has 0 unspecified atom stereocenters. The van der Waals surface area contributed by atoms with Gasteiger partial charge in [0.05, 0.1) is 0 Å². The average molecular weight is 212 g/mol. The van der Waals surface area contributed by atoms with Crippen LogP contribution in [0, 0.1) is 11.3 Å². The van der Waals surface area contributed by atoms with Crippen LogP contribution in [0.4, 0.5) is 0 Å². The molecule has 0 atom stereocenters. The molecule has 1 rings (SSSR count). The zero-order valence-electron chi connectivity index (χ0n) is 11.1. The van der Waals surface area contributed by atoms with Crippen LogP contribution in [0.2, 0.25) is 0 Å². The Balaban J connectivity index is 2.38. The summed E-state index contributed by atoms with van der Waals surface area (Å²) in [5.74, 6) is 0.951. The third-order valence-corrected chi connectivity index (χ3v) is 4.20. The highest BCUT2D eigenvalue weighted by Gasteiger charge is 2.34. The van der Waals surface area contributed by atoms with Gasteiger partial charge in [-0.05, 0) is 45.1 Å². The van der Waals surface area contributed by atoms with Crippen molar-refractivity contribution in [3.8, 4) is 0 Å². The molecular formula is C13H28N2. The molecule has 0 saturated heterocycles. The average Bonchev–Trinajstić information content (AvgIpc) is 1.93. The molecule has 2 N–H and O–H groups in total. The lowest BCUT2D eigenvalue weighted by Crippen LogP contribution is -2.53. The Hall–Kier alpha value is -0.0800. The molecule has 0 aromatic carbocycles. The quantitative estimate of drug-likeness (QED) is 0.758. The third kappa shape index (κ3) is 3.46. The van der Waals surface area contributed by atoms with E-state index >= 15 is 0 Å². The third-order valence-electron chi connectivity index (χ3n) is 4.20. The van der Waals surface area contributed by atoms with Crippen molar-refractivity contribution >= 4 is 0 Å². The summed E-state index contributed by atoms with van der Waals surface area (Å²) in [5.41, 5.74) is 6.27. The highest BCUT2D eigenvalue weighted by molar-refractivity contribution is 4.92. The number of rotatable bonds is 5. The van der Waals surface area contributed by atoms with Crippen molar-refractivity contribution in [3.05, 3.63) is 0 Å². The summed E-state index contributed by atoms with van der Waals surface area (Å²) >= 11 is 0. The fourth-order valence-corrected chi connectivity index (χ4v) is 2.06. The van der Waals surface area contributed by atoms with E-state index in [1.165, 1.54) is 25.8 Å². The maximum absolute atomic E-state index is 6.21. The van der Waals surface area contributed by atoms with Crippen molar-refractivity contribution in [3.63, 3.8) is 0 Å². The van der Waals surface area contributed by atoms with E-state index in [4.69, 9.17) is 5.73 Å². The Bertz CT molecular complexity index is 199. The molecule has 1 fully saturated rings. The van der Waals surface area contributed by atoms with Gasteiger partial charge in [0.2, 0.25) is 0 Å². The van der Waals surface area contributed by atoms with Gasteiger partial charge in [-0.1, -0.05) is 20.3 Å². The van der Waals surface area contributed by atoms with E-state index in [0.717, 1.165) is 12.5 Å². The molecule has 0 amide bonds. The summed E-state index contributed by atoms with van der Waals surface area (Å²) in [4.78, 5) is 2.46. The fraction of sp³-hybridized carbons (Fsp3) is 1.00. The molecule has 1 saturated carbocycles. The van der Waals surface area contributed by atoms with Gasteiger partial charge in [-0.15, -0.1) is 0 Å². The lowest BCUT2D eigenvalue weighted by molar-refractivity contribution is 0.106. The van der Waals surface area contributed by atoms with Gasteiger partial charge in [-0.2, -0.15) is 0 Å². The van der Waals surface area contributed by atoms with E-state index in [-0.39, 0.29) is 11.0 Å². The second-order valence-corrected chi connectivity index (χ2v) is 6.60. The van der Waals surface area contributed by atoms with E-state index in [1.807, 2.05) is 0 Å². The molecule has 2 nitrogen and oxygen atoms in total. The predicted octanol–water partition coefficient (Wildman–Crippen LogP) is 2.48. The number of nitrogens with two attached hydrogens (primary N) is 1. The maximum Gasteiger partial charge on any atom is 0.0161 e. The Morgan fingerprint density at radius 1 is 1.20 bits per heavy atom. The molecule has 90 valence electrons. The molecular weight excluding hydrogens is 184 g/mol. The minimum atomic E-state index is -0.110. The van der Waals surface area contributed by atoms with Crippen molar-refractivity contribution in [1.29, 1.82) is 0 Å². The molecule has 0 heterocycles. The highest BCUT2D eigenvalue weighted by Crippen LogP contribution is 2.31. The zero-order chi connectivity index (χ0) is 11.7. The Morgan fingerprint density at radius 3 is 2.07 bits per heavy atom. The van der Waals surface area contributed by atoms with E-state index in [0.29, 0.717) is 0 Å². The molecule has 15 heavy (non-hydrogen) atoms. The lowest BCUT2D eigenvalue weighted by Gasteiger charge is -2.42. The van der Waals surface area contributed by atoms with Crippen LogP contribution in [-0.4, -0.2) is 30.6 Å². The van der Waals surface area contributed by atoms with Crippen LogP contribution in [0.3, 0.4) is 0 Å². The smallest absolute Gasteiger partial charge is 0.0161 e. The standard InChI is InChI=1S/C13H28N2/c1-12(2,13(3,4)14)10-15(5)9-11-7-6-8-11/h11H,6-10,14H2,1-5H3. The van der Waals surface area contributed by atoms with Crippen LogP contribution in [0.1, 0.15) is 47.0 Å². The normalized spacial score (nSPS) is 19.4. The molecule has 2 heteroatoms. The van der Waals surface area contributed by atoms with Gasteiger partial charge in [0.15, 0.2) is 0 Å². The topological polar surface area (TPSA) is 29.3 Å². The van der Waals surface area contributed by atoms with Gasteiger partial charge >= 0.3 is 0 Å². The van der Waals surface area contributed by atoms with Crippen LogP contribution in [0.15, 0.2) is 0 Å². The lowest BCUT2D eigenvalue weighted by atomic mass is 9.74. The van der Waals surface area contributed by atoms with Crippen LogP contribution in [0.25, 0.3) is 0 Å². The molecule has 1 aliphatic carbocycles. The second-order valence-electron chi connectivity index (χ2n) is 6.60. The Labute approximate surface area is 95.2 Å². The van der Waals surface area contributed by atoms with E-state index in [9.17, 15) is 0 Å². The van der Waals surface area contributed by atoms with Crippen molar-refractivity contribution in [1.82, 2.24) is 4.90 Å². The number of nitrogens with zero attached hydrogens (tertiary/aromatic N) is 1. The molecule has 0 aromatic rings. The number of hydrogen-bond donors (Lipinski definition) is 1. The minimum Gasteiger partial charge on any atom is -0.325 e. The monoisotopic (exact) mass is 212 g/mol. The van der Waals surface area contributed by atoms with E-state index in [1.54, 1.807) is 0 Å². The zero-order valence-corrected chi connectivity index (χ0v) is 11.1. The van der Waals surface area contributed by atoms with Crippen molar-refractivity contribution in [2.45, 2.75) is 52.5 Å². The highest BCUT2D eigenvalue weighted by atomic mass is 15.1. The van der Waals surface area contributed by atoms with Gasteiger partial charge < -0.3 is 10.6 Å². The first-order valence-corrected chi connectivity index (χ1v) is 6.20. The predicted molar refractivity (Wildman–Crippen MR) is 66.9 cm³/mol. The summed E-state index contributed by atoms with van der Waals surface area (Å²) in [7, 11) is 2.23. The molecule has 0 aliphatic heterocycles. The largest absolute Gasteiger partial charge is 0.325 e. The maximum atomic E-state index is 6.21.